The molecule has 0 N–H and O–H groups in total. The van der Waals surface area contributed by atoms with Gasteiger partial charge in [0.05, 0.1) is 11.5 Å². The molecule has 72 valence electrons. The number of ether oxygens (including phenoxy) is 1. The molecule has 0 aliphatic carbocycles. The molecule has 1 aromatic carbocycles. The summed E-state index contributed by atoms with van der Waals surface area (Å²) in [6, 6.07) is 2.61. The van der Waals surface area contributed by atoms with E-state index in [-0.39, 0.29) is 5.75 Å². The molecule has 0 radical (unpaired) electrons. The van der Waals surface area contributed by atoms with Crippen molar-refractivity contribution in [2.45, 2.75) is 11.8 Å². The molecule has 1 nitrogen and oxygen atoms in total. The summed E-state index contributed by atoms with van der Waals surface area (Å²) in [4.78, 5) is 0.612. The van der Waals surface area contributed by atoms with E-state index in [9.17, 15) is 8.78 Å². The highest BCUT2D eigenvalue weighted by Crippen LogP contribution is 2.31. The Kier molecular flexibility index (Phi) is 3.54. The first-order valence-corrected chi connectivity index (χ1v) is 5.08. The van der Waals surface area contributed by atoms with Crippen molar-refractivity contribution in [3.05, 3.63) is 23.8 Å². The van der Waals surface area contributed by atoms with E-state index < -0.39 is 11.6 Å². The van der Waals surface area contributed by atoms with Gasteiger partial charge in [-0.1, -0.05) is 0 Å². The van der Waals surface area contributed by atoms with Crippen LogP contribution in [0, 0.1) is 11.6 Å². The van der Waals surface area contributed by atoms with Gasteiger partial charge in [0.25, 0.3) is 0 Å². The summed E-state index contributed by atoms with van der Waals surface area (Å²) in [5, 5.41) is 0. The van der Waals surface area contributed by atoms with E-state index in [0.29, 0.717) is 11.5 Å². The molecule has 0 atom stereocenters. The van der Waals surface area contributed by atoms with Crippen LogP contribution in [0.2, 0.25) is 0 Å². The fraction of sp³-hybridized carbons (Fsp3) is 0.333. The smallest absolute Gasteiger partial charge is 0.201 e. The van der Waals surface area contributed by atoms with Crippen molar-refractivity contribution in [1.82, 2.24) is 0 Å². The Morgan fingerprint density at radius 1 is 1.38 bits per heavy atom. The third kappa shape index (κ3) is 2.12. The molecule has 0 fully saturated rings. The standard InChI is InChI=1S/C9H10F2OS/c1-3-12-9-7(13-2)5-4-6(10)8(9)11/h4-5H,3H2,1-2H3. The molecular weight excluding hydrogens is 194 g/mol. The summed E-state index contributed by atoms with van der Waals surface area (Å²) in [6.07, 6.45) is 1.79. The van der Waals surface area contributed by atoms with Gasteiger partial charge in [0, 0.05) is 0 Å². The van der Waals surface area contributed by atoms with Crippen LogP contribution in [0.15, 0.2) is 17.0 Å². The normalized spacial score (nSPS) is 10.2. The van der Waals surface area contributed by atoms with Crippen LogP contribution in [0.3, 0.4) is 0 Å². The zero-order valence-corrected chi connectivity index (χ0v) is 8.25. The summed E-state index contributed by atoms with van der Waals surface area (Å²) in [5.74, 6) is -1.77. The highest BCUT2D eigenvalue weighted by Gasteiger charge is 2.13. The molecule has 0 aliphatic heterocycles. The molecule has 1 aromatic rings. The molecule has 1 rings (SSSR count). The number of hydrogen-bond donors (Lipinski definition) is 0. The summed E-state index contributed by atoms with van der Waals surface area (Å²) >= 11 is 1.33. The first-order valence-electron chi connectivity index (χ1n) is 3.85. The van der Waals surface area contributed by atoms with Gasteiger partial charge in [-0.2, -0.15) is 4.39 Å². The number of thioether (sulfide) groups is 1. The molecule has 0 aliphatic rings. The van der Waals surface area contributed by atoms with E-state index in [1.807, 2.05) is 0 Å². The van der Waals surface area contributed by atoms with E-state index in [2.05, 4.69) is 0 Å². The fourth-order valence-electron chi connectivity index (χ4n) is 0.954. The Hall–Kier alpha value is -0.770. The Bertz CT molecular complexity index is 302. The zero-order valence-electron chi connectivity index (χ0n) is 7.43. The lowest BCUT2D eigenvalue weighted by molar-refractivity contribution is 0.305. The third-order valence-corrected chi connectivity index (χ3v) is 2.28. The molecule has 0 bridgehead atoms. The number of halogens is 2. The molecule has 0 saturated carbocycles. The van der Waals surface area contributed by atoms with Gasteiger partial charge in [0.1, 0.15) is 0 Å². The Labute approximate surface area is 80.1 Å². The van der Waals surface area contributed by atoms with Gasteiger partial charge in [-0.25, -0.2) is 4.39 Å². The average Bonchev–Trinajstić information content (AvgIpc) is 2.14. The predicted octanol–water partition coefficient (Wildman–Crippen LogP) is 3.09. The molecule has 13 heavy (non-hydrogen) atoms. The third-order valence-electron chi connectivity index (χ3n) is 1.52. The van der Waals surface area contributed by atoms with E-state index in [0.717, 1.165) is 6.07 Å². The molecule has 0 aromatic heterocycles. The van der Waals surface area contributed by atoms with Crippen LogP contribution in [-0.2, 0) is 0 Å². The van der Waals surface area contributed by atoms with Crippen LogP contribution in [-0.4, -0.2) is 12.9 Å². The first-order chi connectivity index (χ1) is 6.20. The fourth-order valence-corrected chi connectivity index (χ4v) is 1.49. The Balaban J connectivity index is 3.15. The van der Waals surface area contributed by atoms with Gasteiger partial charge in [-0.3, -0.25) is 0 Å². The topological polar surface area (TPSA) is 9.23 Å². The lowest BCUT2D eigenvalue weighted by Crippen LogP contribution is -1.98. The Morgan fingerprint density at radius 2 is 2.08 bits per heavy atom. The minimum atomic E-state index is -0.909. The predicted molar refractivity (Wildman–Crippen MR) is 49.3 cm³/mol. The van der Waals surface area contributed by atoms with Gasteiger partial charge in [0.2, 0.25) is 5.82 Å². The van der Waals surface area contributed by atoms with E-state index >= 15 is 0 Å². The van der Waals surface area contributed by atoms with Crippen molar-refractivity contribution in [2.75, 3.05) is 12.9 Å². The molecule has 0 heterocycles. The molecule has 4 heteroatoms. The van der Waals surface area contributed by atoms with E-state index in [1.165, 1.54) is 17.8 Å². The number of hydrogen-bond acceptors (Lipinski definition) is 2. The maximum absolute atomic E-state index is 13.1. The molecular formula is C9H10F2OS. The summed E-state index contributed by atoms with van der Waals surface area (Å²) in [5.41, 5.74) is 0. The second-order valence-corrected chi connectivity index (χ2v) is 3.17. The van der Waals surface area contributed by atoms with Gasteiger partial charge in [-0.15, -0.1) is 11.8 Å². The first kappa shape index (κ1) is 10.3. The summed E-state index contributed by atoms with van der Waals surface area (Å²) in [6.45, 7) is 2.06. The van der Waals surface area contributed by atoms with Crippen LogP contribution < -0.4 is 4.74 Å². The zero-order chi connectivity index (χ0) is 9.84. The average molecular weight is 204 g/mol. The van der Waals surface area contributed by atoms with Crippen LogP contribution in [0.25, 0.3) is 0 Å². The van der Waals surface area contributed by atoms with Gasteiger partial charge >= 0.3 is 0 Å². The maximum atomic E-state index is 13.1. The second-order valence-electron chi connectivity index (χ2n) is 2.33. The quantitative estimate of drug-likeness (QED) is 0.700. The second kappa shape index (κ2) is 4.46. The van der Waals surface area contributed by atoms with Crippen molar-refractivity contribution in [1.29, 1.82) is 0 Å². The highest BCUT2D eigenvalue weighted by atomic mass is 32.2. The van der Waals surface area contributed by atoms with Crippen molar-refractivity contribution >= 4 is 11.8 Å². The van der Waals surface area contributed by atoms with E-state index in [1.54, 1.807) is 13.2 Å². The van der Waals surface area contributed by atoms with E-state index in [4.69, 9.17) is 4.74 Å². The van der Waals surface area contributed by atoms with Crippen molar-refractivity contribution in [3.63, 3.8) is 0 Å². The molecule has 0 spiro atoms. The van der Waals surface area contributed by atoms with Crippen LogP contribution in [0.5, 0.6) is 5.75 Å². The van der Waals surface area contributed by atoms with Gasteiger partial charge < -0.3 is 4.74 Å². The monoisotopic (exact) mass is 204 g/mol. The van der Waals surface area contributed by atoms with Crippen LogP contribution in [0.1, 0.15) is 6.92 Å². The maximum Gasteiger partial charge on any atom is 0.201 e. The Morgan fingerprint density at radius 3 is 2.62 bits per heavy atom. The minimum absolute atomic E-state index is 0.00926. The SMILES string of the molecule is CCOc1c(SC)ccc(F)c1F. The van der Waals surface area contributed by atoms with Gasteiger partial charge in [-0.05, 0) is 25.3 Å². The summed E-state index contributed by atoms with van der Waals surface area (Å²) in [7, 11) is 0. The number of benzene rings is 1. The lowest BCUT2D eigenvalue weighted by Gasteiger charge is -2.09. The minimum Gasteiger partial charge on any atom is -0.490 e. The van der Waals surface area contributed by atoms with Crippen LogP contribution >= 0.6 is 11.8 Å². The highest BCUT2D eigenvalue weighted by molar-refractivity contribution is 7.98. The van der Waals surface area contributed by atoms with Gasteiger partial charge in [0.15, 0.2) is 11.6 Å². The van der Waals surface area contributed by atoms with Crippen LogP contribution in [0.4, 0.5) is 8.78 Å². The largest absolute Gasteiger partial charge is 0.490 e. The van der Waals surface area contributed by atoms with Crippen molar-refractivity contribution in [2.24, 2.45) is 0 Å². The van der Waals surface area contributed by atoms with Crippen molar-refractivity contribution < 1.29 is 13.5 Å². The lowest BCUT2D eigenvalue weighted by atomic mass is 10.3. The summed E-state index contributed by atoms with van der Waals surface area (Å²) < 4.78 is 30.9. The molecule has 0 saturated heterocycles. The molecule has 0 unspecified atom stereocenters. The van der Waals surface area contributed by atoms with Crippen molar-refractivity contribution in [3.8, 4) is 5.75 Å². The number of rotatable bonds is 3. The molecule has 0 amide bonds.